The van der Waals surface area contributed by atoms with Gasteiger partial charge in [-0.3, -0.25) is 4.79 Å². The Kier molecular flexibility index (Phi) is 4.87. The topological polar surface area (TPSA) is 66.9 Å². The Bertz CT molecular complexity index is 598. The normalized spacial score (nSPS) is 12.0. The number of hydrogen-bond donors (Lipinski definition) is 2. The lowest BCUT2D eigenvalue weighted by Crippen LogP contribution is -2.28. The maximum Gasteiger partial charge on any atom is 0.270 e. The lowest BCUT2D eigenvalue weighted by Gasteiger charge is -2.14. The lowest BCUT2D eigenvalue weighted by atomic mass is 10.1. The number of anilines is 1. The zero-order valence-corrected chi connectivity index (χ0v) is 12.5. The summed E-state index contributed by atoms with van der Waals surface area (Å²) in [5, 5.41) is 6.02. The molecule has 0 saturated carbocycles. The summed E-state index contributed by atoms with van der Waals surface area (Å²) in [5.41, 5.74) is 1.41. The van der Waals surface area contributed by atoms with Crippen LogP contribution in [0.5, 0.6) is 0 Å². The molecule has 2 aromatic rings. The quantitative estimate of drug-likeness (QED) is 0.886. The highest BCUT2D eigenvalue weighted by Crippen LogP contribution is 2.12. The lowest BCUT2D eigenvalue weighted by molar-refractivity contribution is 0.0935. The third-order valence-corrected chi connectivity index (χ3v) is 2.95. The van der Waals surface area contributed by atoms with E-state index in [1.54, 1.807) is 12.3 Å². The first-order chi connectivity index (χ1) is 10.1. The number of carbonyl (C=O) groups excluding carboxylic acids is 1. The summed E-state index contributed by atoms with van der Waals surface area (Å²) in [4.78, 5) is 20.6. The first kappa shape index (κ1) is 15.0. The molecule has 1 aromatic carbocycles. The predicted octanol–water partition coefficient (Wildman–Crippen LogP) is 2.79. The molecule has 110 valence electrons. The van der Waals surface area contributed by atoms with Crippen molar-refractivity contribution in [3.8, 4) is 0 Å². The fraction of sp³-hybridized carbons (Fsp3) is 0.312. The monoisotopic (exact) mass is 284 g/mol. The van der Waals surface area contributed by atoms with Gasteiger partial charge in [-0.15, -0.1) is 0 Å². The summed E-state index contributed by atoms with van der Waals surface area (Å²) < 4.78 is 0. The molecule has 2 rings (SSSR count). The summed E-state index contributed by atoms with van der Waals surface area (Å²) >= 11 is 0. The summed E-state index contributed by atoms with van der Waals surface area (Å²) in [7, 11) is 0. The van der Waals surface area contributed by atoms with Crippen molar-refractivity contribution in [3.05, 3.63) is 53.9 Å². The van der Waals surface area contributed by atoms with Crippen LogP contribution >= 0.6 is 0 Å². The summed E-state index contributed by atoms with van der Waals surface area (Å²) in [6.45, 7) is 5.93. The van der Waals surface area contributed by atoms with Gasteiger partial charge in [-0.2, -0.15) is 0 Å². The maximum atomic E-state index is 12.2. The van der Waals surface area contributed by atoms with Crippen LogP contribution in [0.2, 0.25) is 0 Å². The Morgan fingerprint density at radius 1 is 1.10 bits per heavy atom. The smallest absolute Gasteiger partial charge is 0.270 e. The minimum absolute atomic E-state index is 0.0739. The average Bonchev–Trinajstić information content (AvgIpc) is 2.47. The van der Waals surface area contributed by atoms with Crippen molar-refractivity contribution in [3.63, 3.8) is 0 Å². The Morgan fingerprint density at radius 3 is 2.48 bits per heavy atom. The summed E-state index contributed by atoms with van der Waals surface area (Å²) in [6.07, 6.45) is 1.58. The Morgan fingerprint density at radius 2 is 1.81 bits per heavy atom. The summed E-state index contributed by atoms with van der Waals surface area (Å²) in [6, 6.07) is 11.6. The number of nitrogens with one attached hydrogen (secondary N) is 2. The Labute approximate surface area is 124 Å². The number of rotatable bonds is 5. The van der Waals surface area contributed by atoms with E-state index in [4.69, 9.17) is 0 Å². The van der Waals surface area contributed by atoms with E-state index in [1.165, 1.54) is 0 Å². The predicted molar refractivity (Wildman–Crippen MR) is 83.1 cm³/mol. The van der Waals surface area contributed by atoms with Gasteiger partial charge < -0.3 is 10.6 Å². The molecule has 1 atom stereocenters. The molecule has 1 aromatic heterocycles. The van der Waals surface area contributed by atoms with Gasteiger partial charge in [-0.25, -0.2) is 9.97 Å². The molecule has 5 nitrogen and oxygen atoms in total. The molecule has 0 bridgehead atoms. The molecule has 0 aliphatic heterocycles. The van der Waals surface area contributed by atoms with Gasteiger partial charge in [-0.05, 0) is 32.4 Å². The molecule has 5 heteroatoms. The van der Waals surface area contributed by atoms with E-state index < -0.39 is 0 Å². The second-order valence-corrected chi connectivity index (χ2v) is 5.17. The third-order valence-electron chi connectivity index (χ3n) is 2.95. The van der Waals surface area contributed by atoms with Crippen LogP contribution in [0.3, 0.4) is 0 Å². The molecule has 0 aliphatic carbocycles. The highest BCUT2D eigenvalue weighted by molar-refractivity contribution is 5.92. The van der Waals surface area contributed by atoms with Crippen molar-refractivity contribution in [2.75, 3.05) is 5.32 Å². The van der Waals surface area contributed by atoms with Gasteiger partial charge in [0.15, 0.2) is 0 Å². The SMILES string of the molecule is CC(C)Nc1nccc(C(=O)NC(C)c2ccccc2)n1. The molecule has 21 heavy (non-hydrogen) atoms. The van der Waals surface area contributed by atoms with Gasteiger partial charge in [0, 0.05) is 12.2 Å². The van der Waals surface area contributed by atoms with E-state index >= 15 is 0 Å². The van der Waals surface area contributed by atoms with Crippen molar-refractivity contribution in [2.45, 2.75) is 32.9 Å². The van der Waals surface area contributed by atoms with Gasteiger partial charge in [-0.1, -0.05) is 30.3 Å². The van der Waals surface area contributed by atoms with Gasteiger partial charge in [0.1, 0.15) is 5.69 Å². The van der Waals surface area contributed by atoms with E-state index in [0.717, 1.165) is 5.56 Å². The standard InChI is InChI=1S/C16H20N4O/c1-11(2)18-16-17-10-9-14(20-16)15(21)19-12(3)13-7-5-4-6-8-13/h4-12H,1-3H3,(H,19,21)(H,17,18,20). The van der Waals surface area contributed by atoms with Gasteiger partial charge in [0.05, 0.1) is 6.04 Å². The van der Waals surface area contributed by atoms with Crippen molar-refractivity contribution in [1.82, 2.24) is 15.3 Å². The number of benzene rings is 1. The minimum atomic E-state index is -0.208. The molecule has 1 amide bonds. The molecule has 0 spiro atoms. The maximum absolute atomic E-state index is 12.2. The average molecular weight is 284 g/mol. The van der Waals surface area contributed by atoms with Crippen molar-refractivity contribution < 1.29 is 4.79 Å². The molecule has 0 saturated heterocycles. The Hall–Kier alpha value is -2.43. The van der Waals surface area contributed by atoms with Crippen LogP contribution < -0.4 is 10.6 Å². The largest absolute Gasteiger partial charge is 0.352 e. The molecular formula is C16H20N4O. The van der Waals surface area contributed by atoms with Crippen LogP contribution in [0.25, 0.3) is 0 Å². The third kappa shape index (κ3) is 4.27. The van der Waals surface area contributed by atoms with Crippen LogP contribution in [-0.4, -0.2) is 21.9 Å². The number of nitrogens with zero attached hydrogens (tertiary/aromatic N) is 2. The number of amides is 1. The van der Waals surface area contributed by atoms with E-state index in [9.17, 15) is 4.79 Å². The number of carbonyl (C=O) groups is 1. The second-order valence-electron chi connectivity index (χ2n) is 5.17. The van der Waals surface area contributed by atoms with Crippen molar-refractivity contribution in [2.24, 2.45) is 0 Å². The van der Waals surface area contributed by atoms with Crippen LogP contribution in [0.4, 0.5) is 5.95 Å². The minimum Gasteiger partial charge on any atom is -0.352 e. The zero-order chi connectivity index (χ0) is 15.2. The van der Waals surface area contributed by atoms with Crippen molar-refractivity contribution >= 4 is 11.9 Å². The van der Waals surface area contributed by atoms with Gasteiger partial charge in [0.2, 0.25) is 5.95 Å². The molecule has 0 radical (unpaired) electrons. The zero-order valence-electron chi connectivity index (χ0n) is 12.5. The first-order valence-electron chi connectivity index (χ1n) is 7.01. The molecule has 2 N–H and O–H groups in total. The highest BCUT2D eigenvalue weighted by Gasteiger charge is 2.13. The fourth-order valence-electron chi connectivity index (χ4n) is 1.91. The number of aromatic nitrogens is 2. The summed E-state index contributed by atoms with van der Waals surface area (Å²) in [5.74, 6) is 0.255. The molecular weight excluding hydrogens is 264 g/mol. The second kappa shape index (κ2) is 6.83. The van der Waals surface area contributed by atoms with E-state index in [0.29, 0.717) is 11.6 Å². The van der Waals surface area contributed by atoms with Crippen LogP contribution in [0, 0.1) is 0 Å². The van der Waals surface area contributed by atoms with Gasteiger partial charge >= 0.3 is 0 Å². The Balaban J connectivity index is 2.06. The fourth-order valence-corrected chi connectivity index (χ4v) is 1.91. The van der Waals surface area contributed by atoms with E-state index in [2.05, 4.69) is 20.6 Å². The van der Waals surface area contributed by atoms with E-state index in [1.807, 2.05) is 51.1 Å². The number of hydrogen-bond acceptors (Lipinski definition) is 4. The van der Waals surface area contributed by atoms with Crippen LogP contribution in [-0.2, 0) is 0 Å². The van der Waals surface area contributed by atoms with Gasteiger partial charge in [0.25, 0.3) is 5.91 Å². The van der Waals surface area contributed by atoms with E-state index in [-0.39, 0.29) is 18.0 Å². The van der Waals surface area contributed by atoms with Crippen LogP contribution in [0.1, 0.15) is 42.9 Å². The highest BCUT2D eigenvalue weighted by atomic mass is 16.1. The molecule has 0 fully saturated rings. The van der Waals surface area contributed by atoms with Crippen molar-refractivity contribution in [1.29, 1.82) is 0 Å². The molecule has 1 heterocycles. The first-order valence-corrected chi connectivity index (χ1v) is 7.01. The molecule has 1 unspecified atom stereocenters. The molecule has 0 aliphatic rings. The van der Waals surface area contributed by atoms with Crippen LogP contribution in [0.15, 0.2) is 42.6 Å².